The molecule has 5 heteroatoms. The van der Waals surface area contributed by atoms with Crippen molar-refractivity contribution in [2.24, 2.45) is 0 Å². The minimum absolute atomic E-state index is 0.142. The summed E-state index contributed by atoms with van der Waals surface area (Å²) in [7, 11) is 0. The van der Waals surface area contributed by atoms with Gasteiger partial charge in [-0.1, -0.05) is 6.07 Å². The molecule has 0 radical (unpaired) electrons. The van der Waals surface area contributed by atoms with Crippen molar-refractivity contribution in [2.75, 3.05) is 0 Å². The number of nitrogens with zero attached hydrogens (tertiary/aromatic N) is 1. The molecule has 0 aliphatic rings. The highest BCUT2D eigenvalue weighted by atomic mass is 19.4. The van der Waals surface area contributed by atoms with Crippen LogP contribution in [-0.4, -0.2) is 0 Å². The summed E-state index contributed by atoms with van der Waals surface area (Å²) in [6, 6.07) is 4.47. The molecule has 1 rings (SSSR count). The first kappa shape index (κ1) is 12.5. The second kappa shape index (κ2) is 3.78. The van der Waals surface area contributed by atoms with Gasteiger partial charge in [0.15, 0.2) is 0 Å². The van der Waals surface area contributed by atoms with Crippen LogP contribution in [0.5, 0.6) is 0 Å². The third-order valence-corrected chi connectivity index (χ3v) is 2.27. The minimum atomic E-state index is -4.74. The summed E-state index contributed by atoms with van der Waals surface area (Å²) in [6.45, 7) is 2.95. The molecular weight excluding hydrogens is 222 g/mol. The summed E-state index contributed by atoms with van der Waals surface area (Å²) in [4.78, 5) is 0. The van der Waals surface area contributed by atoms with E-state index in [9.17, 15) is 17.6 Å². The maximum Gasteiger partial charge on any atom is 0.419 e. The first-order valence-electron chi connectivity index (χ1n) is 4.47. The normalized spacial score (nSPS) is 12.3. The first-order chi connectivity index (χ1) is 7.18. The molecular formula is C11H9F4N. The maximum absolute atomic E-state index is 13.0. The van der Waals surface area contributed by atoms with Crippen molar-refractivity contribution in [3.05, 3.63) is 35.1 Å². The number of hydrogen-bond acceptors (Lipinski definition) is 1. The summed E-state index contributed by atoms with van der Waals surface area (Å²) in [5.74, 6) is -1.33. The van der Waals surface area contributed by atoms with Gasteiger partial charge in [0.05, 0.1) is 17.0 Å². The summed E-state index contributed by atoms with van der Waals surface area (Å²) < 4.78 is 50.1. The van der Waals surface area contributed by atoms with Crippen molar-refractivity contribution in [3.8, 4) is 6.07 Å². The lowest BCUT2D eigenvalue weighted by Crippen LogP contribution is -2.17. The monoisotopic (exact) mass is 231 g/mol. The van der Waals surface area contributed by atoms with Gasteiger partial charge < -0.3 is 0 Å². The number of hydrogen-bond donors (Lipinski definition) is 0. The first-order valence-corrected chi connectivity index (χ1v) is 4.47. The van der Waals surface area contributed by atoms with Gasteiger partial charge >= 0.3 is 6.18 Å². The Kier molecular flexibility index (Phi) is 2.95. The highest BCUT2D eigenvalue weighted by Gasteiger charge is 2.35. The van der Waals surface area contributed by atoms with E-state index in [1.165, 1.54) is 19.9 Å². The van der Waals surface area contributed by atoms with Crippen molar-refractivity contribution >= 4 is 0 Å². The van der Waals surface area contributed by atoms with Gasteiger partial charge in [-0.2, -0.15) is 18.4 Å². The Labute approximate surface area is 90.3 Å². The average molecular weight is 231 g/mol. The molecule has 86 valence electrons. The van der Waals surface area contributed by atoms with Gasteiger partial charge in [-0.15, -0.1) is 0 Å². The van der Waals surface area contributed by atoms with Gasteiger partial charge in [-0.3, -0.25) is 0 Å². The quantitative estimate of drug-likeness (QED) is 0.677. The Morgan fingerprint density at radius 3 is 2.19 bits per heavy atom. The van der Waals surface area contributed by atoms with E-state index in [1.54, 1.807) is 0 Å². The molecule has 0 unspecified atom stereocenters. The highest BCUT2D eigenvalue weighted by Crippen LogP contribution is 2.34. The van der Waals surface area contributed by atoms with Gasteiger partial charge in [0, 0.05) is 0 Å². The summed E-state index contributed by atoms with van der Waals surface area (Å²) in [5, 5.41) is 8.79. The van der Waals surface area contributed by atoms with Gasteiger partial charge in [-0.25, -0.2) is 4.39 Å². The average Bonchev–Trinajstić information content (AvgIpc) is 2.16. The second-order valence-electron chi connectivity index (χ2n) is 3.93. The molecule has 0 heterocycles. The van der Waals surface area contributed by atoms with Crippen molar-refractivity contribution in [3.63, 3.8) is 0 Å². The molecule has 0 amide bonds. The van der Waals surface area contributed by atoms with Crippen molar-refractivity contribution in [1.82, 2.24) is 0 Å². The van der Waals surface area contributed by atoms with Crippen LogP contribution in [0.25, 0.3) is 0 Å². The fraction of sp³-hybridized carbons (Fsp3) is 0.364. The number of alkyl halides is 3. The van der Waals surface area contributed by atoms with E-state index in [4.69, 9.17) is 5.26 Å². The molecule has 0 N–H and O–H groups in total. The Morgan fingerprint density at radius 2 is 1.75 bits per heavy atom. The van der Waals surface area contributed by atoms with Gasteiger partial charge in [-0.05, 0) is 31.5 Å². The smallest absolute Gasteiger partial charge is 0.206 e. The van der Waals surface area contributed by atoms with Gasteiger partial charge in [0.2, 0.25) is 0 Å². The second-order valence-corrected chi connectivity index (χ2v) is 3.93. The third-order valence-electron chi connectivity index (χ3n) is 2.27. The highest BCUT2D eigenvalue weighted by molar-refractivity contribution is 5.35. The lowest BCUT2D eigenvalue weighted by atomic mass is 9.85. The molecule has 0 aromatic heterocycles. The van der Waals surface area contributed by atoms with E-state index in [0.29, 0.717) is 6.07 Å². The largest absolute Gasteiger partial charge is 0.419 e. The summed E-state index contributed by atoms with van der Waals surface area (Å²) in [5.41, 5.74) is -2.27. The summed E-state index contributed by atoms with van der Waals surface area (Å²) in [6.07, 6.45) is -4.74. The molecule has 0 aliphatic carbocycles. The zero-order chi connectivity index (χ0) is 12.6. The molecule has 0 atom stereocenters. The summed E-state index contributed by atoms with van der Waals surface area (Å²) >= 11 is 0. The Hall–Kier alpha value is -1.57. The van der Waals surface area contributed by atoms with Crippen LogP contribution in [0.4, 0.5) is 17.6 Å². The number of halogens is 4. The molecule has 0 bridgehead atoms. The van der Waals surface area contributed by atoms with E-state index < -0.39 is 23.0 Å². The number of nitriles is 1. The molecule has 16 heavy (non-hydrogen) atoms. The van der Waals surface area contributed by atoms with Crippen LogP contribution in [0.15, 0.2) is 18.2 Å². The fourth-order valence-electron chi connectivity index (χ4n) is 1.20. The van der Waals surface area contributed by atoms with E-state index in [-0.39, 0.29) is 5.56 Å². The van der Waals surface area contributed by atoms with Crippen LogP contribution in [0.1, 0.15) is 25.0 Å². The van der Waals surface area contributed by atoms with Crippen LogP contribution in [0.2, 0.25) is 0 Å². The molecule has 1 aromatic carbocycles. The minimum Gasteiger partial charge on any atom is -0.206 e. The van der Waals surface area contributed by atoms with Crippen molar-refractivity contribution in [2.45, 2.75) is 25.4 Å². The number of benzene rings is 1. The zero-order valence-corrected chi connectivity index (χ0v) is 8.69. The molecule has 0 fully saturated rings. The number of rotatable bonds is 1. The fourth-order valence-corrected chi connectivity index (χ4v) is 1.20. The molecule has 0 aliphatic heterocycles. The van der Waals surface area contributed by atoms with E-state index in [2.05, 4.69) is 0 Å². The molecule has 0 saturated carbocycles. The van der Waals surface area contributed by atoms with Gasteiger partial charge in [0.25, 0.3) is 0 Å². The zero-order valence-electron chi connectivity index (χ0n) is 8.69. The van der Waals surface area contributed by atoms with Crippen molar-refractivity contribution < 1.29 is 17.6 Å². The van der Waals surface area contributed by atoms with Crippen LogP contribution in [0.3, 0.4) is 0 Å². The van der Waals surface area contributed by atoms with Crippen LogP contribution < -0.4 is 0 Å². The predicted molar refractivity (Wildman–Crippen MR) is 50.0 cm³/mol. The SMILES string of the molecule is CC(C)(C#N)c1ccc(F)c(C(F)(F)F)c1. The molecule has 1 nitrogen and oxygen atoms in total. The Bertz CT molecular complexity index is 440. The Balaban J connectivity index is 3.36. The molecule has 1 aromatic rings. The Morgan fingerprint density at radius 1 is 1.19 bits per heavy atom. The maximum atomic E-state index is 13.0. The van der Waals surface area contributed by atoms with E-state index in [0.717, 1.165) is 6.07 Å². The third kappa shape index (κ3) is 2.32. The van der Waals surface area contributed by atoms with Crippen LogP contribution in [0, 0.1) is 17.1 Å². The topological polar surface area (TPSA) is 23.8 Å². The molecule has 0 spiro atoms. The van der Waals surface area contributed by atoms with Crippen LogP contribution >= 0.6 is 0 Å². The molecule has 0 saturated heterocycles. The lowest BCUT2D eigenvalue weighted by molar-refractivity contribution is -0.140. The van der Waals surface area contributed by atoms with Crippen LogP contribution in [-0.2, 0) is 11.6 Å². The van der Waals surface area contributed by atoms with Gasteiger partial charge in [0.1, 0.15) is 5.82 Å². The van der Waals surface area contributed by atoms with Crippen molar-refractivity contribution in [1.29, 1.82) is 5.26 Å². The standard InChI is InChI=1S/C11H9F4N/c1-10(2,6-16)7-3-4-9(12)8(5-7)11(13,14)15/h3-5H,1-2H3. The van der Waals surface area contributed by atoms with E-state index in [1.807, 2.05) is 6.07 Å². The van der Waals surface area contributed by atoms with E-state index >= 15 is 0 Å². The predicted octanol–water partition coefficient (Wildman–Crippen LogP) is 3.65. The lowest BCUT2D eigenvalue weighted by Gasteiger charge is -2.18.